The molecule has 6 heteroatoms. The van der Waals surface area contributed by atoms with Crippen LogP contribution in [0.3, 0.4) is 0 Å². The quantitative estimate of drug-likeness (QED) is 0.839. The van der Waals surface area contributed by atoms with Crippen LogP contribution in [0.1, 0.15) is 18.1 Å². The third kappa shape index (κ3) is 3.02. The van der Waals surface area contributed by atoms with Crippen molar-refractivity contribution in [1.82, 2.24) is 9.71 Å². The molecule has 0 fully saturated rings. The van der Waals surface area contributed by atoms with Crippen molar-refractivity contribution in [3.63, 3.8) is 0 Å². The van der Waals surface area contributed by atoms with Gasteiger partial charge in [0.2, 0.25) is 10.0 Å². The standard InChI is InChI=1S/C10H13N3O2S/c1-8-6-12-4-3-10(8)7-13-16(14,15)9(2)5-11/h3-4,6,9,13H,7H2,1-2H3. The van der Waals surface area contributed by atoms with Crippen molar-refractivity contribution in [3.8, 4) is 6.07 Å². The lowest BCUT2D eigenvalue weighted by atomic mass is 10.2. The first-order valence-electron chi connectivity index (χ1n) is 4.75. The van der Waals surface area contributed by atoms with E-state index in [1.165, 1.54) is 6.92 Å². The van der Waals surface area contributed by atoms with Gasteiger partial charge in [-0.05, 0) is 31.0 Å². The van der Waals surface area contributed by atoms with Crippen molar-refractivity contribution in [2.75, 3.05) is 0 Å². The summed E-state index contributed by atoms with van der Waals surface area (Å²) >= 11 is 0. The Morgan fingerprint density at radius 3 is 2.88 bits per heavy atom. The molecule has 0 aromatic carbocycles. The zero-order valence-corrected chi connectivity index (χ0v) is 9.95. The van der Waals surface area contributed by atoms with Crippen LogP contribution in [0.5, 0.6) is 0 Å². The first kappa shape index (κ1) is 12.6. The molecule has 0 amide bonds. The summed E-state index contributed by atoms with van der Waals surface area (Å²) in [4.78, 5) is 3.91. The smallest absolute Gasteiger partial charge is 0.227 e. The molecule has 86 valence electrons. The van der Waals surface area contributed by atoms with Crippen molar-refractivity contribution in [3.05, 3.63) is 29.6 Å². The van der Waals surface area contributed by atoms with E-state index in [0.717, 1.165) is 11.1 Å². The van der Waals surface area contributed by atoms with Crippen LogP contribution < -0.4 is 4.72 Å². The fourth-order valence-corrected chi connectivity index (χ4v) is 1.82. The average molecular weight is 239 g/mol. The van der Waals surface area contributed by atoms with Crippen molar-refractivity contribution < 1.29 is 8.42 Å². The molecule has 16 heavy (non-hydrogen) atoms. The molecule has 0 aliphatic carbocycles. The van der Waals surface area contributed by atoms with Gasteiger partial charge in [0, 0.05) is 18.9 Å². The van der Waals surface area contributed by atoms with Gasteiger partial charge in [0.25, 0.3) is 0 Å². The van der Waals surface area contributed by atoms with E-state index in [9.17, 15) is 8.42 Å². The summed E-state index contributed by atoms with van der Waals surface area (Å²) in [5.74, 6) is 0. The van der Waals surface area contributed by atoms with Gasteiger partial charge in [-0.15, -0.1) is 0 Å². The first-order valence-corrected chi connectivity index (χ1v) is 6.29. The zero-order valence-electron chi connectivity index (χ0n) is 9.14. The number of hydrogen-bond donors (Lipinski definition) is 1. The second-order valence-corrected chi connectivity index (χ2v) is 5.53. The molecule has 0 aliphatic rings. The van der Waals surface area contributed by atoms with Gasteiger partial charge in [-0.25, -0.2) is 13.1 Å². The fourth-order valence-electron chi connectivity index (χ4n) is 1.07. The Labute approximate surface area is 95.2 Å². The minimum absolute atomic E-state index is 0.183. The molecule has 1 atom stereocenters. The molecule has 0 saturated carbocycles. The molecule has 0 spiro atoms. The van der Waals surface area contributed by atoms with Crippen LogP contribution in [0, 0.1) is 18.3 Å². The number of sulfonamides is 1. The van der Waals surface area contributed by atoms with Gasteiger partial charge >= 0.3 is 0 Å². The van der Waals surface area contributed by atoms with Crippen molar-refractivity contribution in [2.24, 2.45) is 0 Å². The highest BCUT2D eigenvalue weighted by Crippen LogP contribution is 2.06. The molecular weight excluding hydrogens is 226 g/mol. The maximum Gasteiger partial charge on any atom is 0.227 e. The van der Waals surface area contributed by atoms with Crippen molar-refractivity contribution >= 4 is 10.0 Å². The van der Waals surface area contributed by atoms with Crippen LogP contribution in [0.25, 0.3) is 0 Å². The van der Waals surface area contributed by atoms with E-state index < -0.39 is 15.3 Å². The molecule has 0 saturated heterocycles. The van der Waals surface area contributed by atoms with E-state index in [2.05, 4.69) is 9.71 Å². The summed E-state index contributed by atoms with van der Waals surface area (Å²) in [6.07, 6.45) is 3.27. The third-order valence-electron chi connectivity index (χ3n) is 2.25. The molecule has 1 heterocycles. The second kappa shape index (κ2) is 5.05. The van der Waals surface area contributed by atoms with E-state index in [1.54, 1.807) is 24.5 Å². The topological polar surface area (TPSA) is 82.8 Å². The number of aryl methyl sites for hydroxylation is 1. The molecular formula is C10H13N3O2S. The monoisotopic (exact) mass is 239 g/mol. The lowest BCUT2D eigenvalue weighted by Gasteiger charge is -2.09. The van der Waals surface area contributed by atoms with E-state index in [0.29, 0.717) is 0 Å². The predicted molar refractivity (Wildman–Crippen MR) is 59.8 cm³/mol. The molecule has 1 unspecified atom stereocenters. The number of aromatic nitrogens is 1. The number of nitrogens with zero attached hydrogens (tertiary/aromatic N) is 2. The highest BCUT2D eigenvalue weighted by Gasteiger charge is 2.19. The Hall–Kier alpha value is -1.45. The molecule has 5 nitrogen and oxygen atoms in total. The maximum absolute atomic E-state index is 11.5. The Morgan fingerprint density at radius 2 is 2.31 bits per heavy atom. The van der Waals surface area contributed by atoms with E-state index in [-0.39, 0.29) is 6.54 Å². The van der Waals surface area contributed by atoms with Gasteiger partial charge < -0.3 is 0 Å². The van der Waals surface area contributed by atoms with Gasteiger partial charge in [-0.3, -0.25) is 4.98 Å². The predicted octanol–water partition coefficient (Wildman–Crippen LogP) is 0.722. The number of nitriles is 1. The van der Waals surface area contributed by atoms with Gasteiger partial charge in [-0.2, -0.15) is 5.26 Å². The number of nitrogens with one attached hydrogen (secondary N) is 1. The van der Waals surface area contributed by atoms with E-state index in [4.69, 9.17) is 5.26 Å². The molecule has 0 radical (unpaired) electrons. The fraction of sp³-hybridized carbons (Fsp3) is 0.400. The van der Waals surface area contributed by atoms with Crippen LogP contribution in [0.2, 0.25) is 0 Å². The summed E-state index contributed by atoms with van der Waals surface area (Å²) < 4.78 is 25.4. The van der Waals surface area contributed by atoms with Crippen LogP contribution in [0.4, 0.5) is 0 Å². The van der Waals surface area contributed by atoms with E-state index in [1.807, 2.05) is 6.92 Å². The number of pyridine rings is 1. The molecule has 0 aliphatic heterocycles. The van der Waals surface area contributed by atoms with Crippen LogP contribution in [-0.2, 0) is 16.6 Å². The molecule has 1 aromatic rings. The summed E-state index contributed by atoms with van der Waals surface area (Å²) in [5.41, 5.74) is 1.76. The summed E-state index contributed by atoms with van der Waals surface area (Å²) in [6.45, 7) is 3.38. The molecule has 1 aromatic heterocycles. The number of hydrogen-bond acceptors (Lipinski definition) is 4. The summed E-state index contributed by atoms with van der Waals surface area (Å²) in [5, 5.41) is 7.50. The Balaban J connectivity index is 2.74. The average Bonchev–Trinajstić information content (AvgIpc) is 2.27. The van der Waals surface area contributed by atoms with Crippen molar-refractivity contribution in [2.45, 2.75) is 25.6 Å². The second-order valence-electron chi connectivity index (χ2n) is 3.44. The lowest BCUT2D eigenvalue weighted by Crippen LogP contribution is -2.31. The Bertz CT molecular complexity index is 505. The zero-order chi connectivity index (χ0) is 12.2. The van der Waals surface area contributed by atoms with Gasteiger partial charge in [0.15, 0.2) is 5.25 Å². The molecule has 0 bridgehead atoms. The van der Waals surface area contributed by atoms with Crippen LogP contribution in [-0.4, -0.2) is 18.7 Å². The van der Waals surface area contributed by atoms with Crippen molar-refractivity contribution in [1.29, 1.82) is 5.26 Å². The Morgan fingerprint density at radius 1 is 1.62 bits per heavy atom. The Kier molecular flexibility index (Phi) is 3.99. The van der Waals surface area contributed by atoms with Crippen LogP contribution >= 0.6 is 0 Å². The van der Waals surface area contributed by atoms with Gasteiger partial charge in [-0.1, -0.05) is 0 Å². The van der Waals surface area contributed by atoms with Gasteiger partial charge in [0.05, 0.1) is 6.07 Å². The SMILES string of the molecule is Cc1cnccc1CNS(=O)(=O)C(C)C#N. The highest BCUT2D eigenvalue weighted by molar-refractivity contribution is 7.90. The minimum atomic E-state index is -3.56. The normalized spacial score (nSPS) is 13.1. The highest BCUT2D eigenvalue weighted by atomic mass is 32.2. The van der Waals surface area contributed by atoms with Crippen LogP contribution in [0.15, 0.2) is 18.5 Å². The largest absolute Gasteiger partial charge is 0.264 e. The summed E-state index contributed by atoms with van der Waals surface area (Å²) in [7, 11) is -3.56. The first-order chi connectivity index (χ1) is 7.47. The lowest BCUT2D eigenvalue weighted by molar-refractivity contribution is 0.576. The van der Waals surface area contributed by atoms with Gasteiger partial charge in [0.1, 0.15) is 0 Å². The third-order valence-corrected chi connectivity index (χ3v) is 3.83. The molecule has 1 rings (SSSR count). The summed E-state index contributed by atoms with van der Waals surface area (Å²) in [6, 6.07) is 3.44. The minimum Gasteiger partial charge on any atom is -0.264 e. The molecule has 1 N–H and O–H groups in total. The maximum atomic E-state index is 11.5. The van der Waals surface area contributed by atoms with E-state index >= 15 is 0 Å². The number of rotatable bonds is 4.